The molecule has 0 aliphatic heterocycles. The summed E-state index contributed by atoms with van der Waals surface area (Å²) < 4.78 is 2.01. The molecule has 0 amide bonds. The zero-order valence-electron chi connectivity index (χ0n) is 10.1. The summed E-state index contributed by atoms with van der Waals surface area (Å²) in [5.41, 5.74) is 5.43. The lowest BCUT2D eigenvalue weighted by molar-refractivity contribution is -0.122. The fourth-order valence-corrected chi connectivity index (χ4v) is 1.71. The molecule has 0 fully saturated rings. The van der Waals surface area contributed by atoms with Crippen LogP contribution in [-0.4, -0.2) is 21.9 Å². The lowest BCUT2D eigenvalue weighted by Crippen LogP contribution is -2.17. The summed E-state index contributed by atoms with van der Waals surface area (Å²) in [6, 6.07) is 0. The van der Waals surface area contributed by atoms with E-state index in [1.54, 1.807) is 6.20 Å². The number of nitrogens with zero attached hydrogens (tertiary/aromatic N) is 2. The Kier molecular flexibility index (Phi) is 5.19. The zero-order valence-corrected chi connectivity index (χ0v) is 10.1. The molecule has 0 radical (unpaired) electrons. The molecule has 1 unspecified atom stereocenters. The third kappa shape index (κ3) is 3.45. The summed E-state index contributed by atoms with van der Waals surface area (Å²) in [5.74, 6) is 1.21. The van der Waals surface area contributed by atoms with Crippen LogP contribution >= 0.6 is 0 Å². The van der Waals surface area contributed by atoms with Gasteiger partial charge in [0.25, 0.3) is 0 Å². The molecule has 0 aliphatic rings. The van der Waals surface area contributed by atoms with Gasteiger partial charge in [-0.2, -0.15) is 0 Å². The predicted octanol–water partition coefficient (Wildman–Crippen LogP) is 1.39. The zero-order chi connectivity index (χ0) is 12.0. The van der Waals surface area contributed by atoms with Crippen LogP contribution in [0.2, 0.25) is 0 Å². The molecule has 90 valence electrons. The Hall–Kier alpha value is -1.16. The molecule has 16 heavy (non-hydrogen) atoms. The second-order valence-electron chi connectivity index (χ2n) is 4.10. The van der Waals surface area contributed by atoms with Gasteiger partial charge in [-0.25, -0.2) is 4.98 Å². The van der Waals surface area contributed by atoms with Gasteiger partial charge in [0.15, 0.2) is 0 Å². The van der Waals surface area contributed by atoms with E-state index in [4.69, 9.17) is 5.73 Å². The van der Waals surface area contributed by atoms with E-state index in [2.05, 4.69) is 4.98 Å². The normalized spacial score (nSPS) is 12.7. The van der Waals surface area contributed by atoms with E-state index in [-0.39, 0.29) is 11.7 Å². The SMILES string of the molecule is CCn1ccnc1CC(=O)C(C)CCCN. The van der Waals surface area contributed by atoms with Crippen molar-refractivity contribution >= 4 is 5.78 Å². The minimum Gasteiger partial charge on any atom is -0.335 e. The molecule has 0 saturated heterocycles. The molecular formula is C12H21N3O. The molecule has 1 heterocycles. The lowest BCUT2D eigenvalue weighted by atomic mass is 9.98. The largest absolute Gasteiger partial charge is 0.335 e. The summed E-state index contributed by atoms with van der Waals surface area (Å²) >= 11 is 0. The number of nitrogens with two attached hydrogens (primary N) is 1. The molecule has 1 rings (SSSR count). The highest BCUT2D eigenvalue weighted by Crippen LogP contribution is 2.10. The van der Waals surface area contributed by atoms with Crippen molar-refractivity contribution in [2.24, 2.45) is 11.7 Å². The van der Waals surface area contributed by atoms with Gasteiger partial charge in [0, 0.05) is 24.9 Å². The quantitative estimate of drug-likeness (QED) is 0.760. The third-order valence-corrected chi connectivity index (χ3v) is 2.87. The smallest absolute Gasteiger partial charge is 0.143 e. The summed E-state index contributed by atoms with van der Waals surface area (Å²) in [4.78, 5) is 16.1. The molecule has 0 spiro atoms. The predicted molar refractivity (Wildman–Crippen MR) is 64.1 cm³/mol. The number of rotatable bonds is 7. The van der Waals surface area contributed by atoms with Gasteiger partial charge in [0.2, 0.25) is 0 Å². The number of carbonyl (C=O) groups excluding carboxylic acids is 1. The highest BCUT2D eigenvalue weighted by Gasteiger charge is 2.15. The van der Waals surface area contributed by atoms with Crippen molar-refractivity contribution < 1.29 is 4.79 Å². The molecule has 4 heteroatoms. The molecule has 1 aromatic heterocycles. The Morgan fingerprint density at radius 3 is 3.00 bits per heavy atom. The van der Waals surface area contributed by atoms with Crippen molar-refractivity contribution in [3.8, 4) is 0 Å². The first-order chi connectivity index (χ1) is 7.69. The van der Waals surface area contributed by atoms with Crippen molar-refractivity contribution in [3.63, 3.8) is 0 Å². The molecule has 0 aliphatic carbocycles. The standard InChI is InChI=1S/C12H21N3O/c1-3-15-8-7-14-12(15)9-11(16)10(2)5-4-6-13/h7-8,10H,3-6,9,13H2,1-2H3. The van der Waals surface area contributed by atoms with E-state index in [0.717, 1.165) is 25.2 Å². The van der Waals surface area contributed by atoms with Crippen LogP contribution in [0.3, 0.4) is 0 Å². The van der Waals surface area contributed by atoms with Gasteiger partial charge in [0.05, 0.1) is 6.42 Å². The van der Waals surface area contributed by atoms with E-state index in [1.807, 2.05) is 24.6 Å². The van der Waals surface area contributed by atoms with E-state index in [0.29, 0.717) is 13.0 Å². The van der Waals surface area contributed by atoms with E-state index >= 15 is 0 Å². The first-order valence-electron chi connectivity index (χ1n) is 5.91. The Bertz CT molecular complexity index is 333. The average molecular weight is 223 g/mol. The number of carbonyl (C=O) groups is 1. The van der Waals surface area contributed by atoms with E-state index in [9.17, 15) is 4.79 Å². The van der Waals surface area contributed by atoms with Crippen LogP contribution in [-0.2, 0) is 17.8 Å². The molecule has 0 aromatic carbocycles. The van der Waals surface area contributed by atoms with Crippen molar-refractivity contribution in [2.75, 3.05) is 6.54 Å². The Morgan fingerprint density at radius 1 is 1.62 bits per heavy atom. The molecule has 2 N–H and O–H groups in total. The van der Waals surface area contributed by atoms with Gasteiger partial charge in [-0.3, -0.25) is 4.79 Å². The van der Waals surface area contributed by atoms with Crippen LogP contribution in [0, 0.1) is 5.92 Å². The summed E-state index contributed by atoms with van der Waals surface area (Å²) in [6.45, 7) is 5.53. The highest BCUT2D eigenvalue weighted by atomic mass is 16.1. The monoisotopic (exact) mass is 223 g/mol. The van der Waals surface area contributed by atoms with Crippen LogP contribution in [0.25, 0.3) is 0 Å². The fraction of sp³-hybridized carbons (Fsp3) is 0.667. The third-order valence-electron chi connectivity index (χ3n) is 2.87. The molecule has 1 aromatic rings. The fourth-order valence-electron chi connectivity index (χ4n) is 1.71. The maximum absolute atomic E-state index is 11.9. The van der Waals surface area contributed by atoms with Gasteiger partial charge in [-0.05, 0) is 26.3 Å². The number of imidazole rings is 1. The topological polar surface area (TPSA) is 60.9 Å². The van der Waals surface area contributed by atoms with Crippen LogP contribution in [0.4, 0.5) is 0 Å². The number of aryl methyl sites for hydroxylation is 1. The highest BCUT2D eigenvalue weighted by molar-refractivity contribution is 5.82. The molecule has 4 nitrogen and oxygen atoms in total. The van der Waals surface area contributed by atoms with Gasteiger partial charge in [0.1, 0.15) is 11.6 Å². The molecule has 0 bridgehead atoms. The van der Waals surface area contributed by atoms with Crippen molar-refractivity contribution in [1.29, 1.82) is 0 Å². The molecular weight excluding hydrogens is 202 g/mol. The second-order valence-corrected chi connectivity index (χ2v) is 4.10. The number of hydrogen-bond donors (Lipinski definition) is 1. The summed E-state index contributed by atoms with van der Waals surface area (Å²) in [5, 5.41) is 0. The van der Waals surface area contributed by atoms with Gasteiger partial charge < -0.3 is 10.3 Å². The van der Waals surface area contributed by atoms with Crippen LogP contribution in [0.1, 0.15) is 32.5 Å². The maximum Gasteiger partial charge on any atom is 0.143 e. The van der Waals surface area contributed by atoms with E-state index < -0.39 is 0 Å². The van der Waals surface area contributed by atoms with Crippen LogP contribution < -0.4 is 5.73 Å². The number of aromatic nitrogens is 2. The lowest BCUT2D eigenvalue weighted by Gasteiger charge is -2.10. The van der Waals surface area contributed by atoms with Crippen LogP contribution in [0.15, 0.2) is 12.4 Å². The molecule has 0 saturated carbocycles. The Balaban J connectivity index is 2.50. The first kappa shape index (κ1) is 12.9. The number of ketones is 1. The number of hydrogen-bond acceptors (Lipinski definition) is 3. The van der Waals surface area contributed by atoms with Gasteiger partial charge in [-0.1, -0.05) is 6.92 Å². The summed E-state index contributed by atoms with van der Waals surface area (Å²) in [7, 11) is 0. The van der Waals surface area contributed by atoms with Gasteiger partial charge in [-0.15, -0.1) is 0 Å². The minimum atomic E-state index is 0.0885. The van der Waals surface area contributed by atoms with Crippen molar-refractivity contribution in [1.82, 2.24) is 9.55 Å². The average Bonchev–Trinajstić information content (AvgIpc) is 2.72. The maximum atomic E-state index is 11.9. The Morgan fingerprint density at radius 2 is 2.38 bits per heavy atom. The van der Waals surface area contributed by atoms with Crippen LogP contribution in [0.5, 0.6) is 0 Å². The van der Waals surface area contributed by atoms with E-state index in [1.165, 1.54) is 0 Å². The minimum absolute atomic E-state index is 0.0885. The van der Waals surface area contributed by atoms with Crippen molar-refractivity contribution in [2.45, 2.75) is 39.7 Å². The van der Waals surface area contributed by atoms with Crippen molar-refractivity contribution in [3.05, 3.63) is 18.2 Å². The number of Topliss-reactive ketones (excluding diaryl/α,β-unsaturated/α-hetero) is 1. The Labute approximate surface area is 96.9 Å². The van der Waals surface area contributed by atoms with Gasteiger partial charge >= 0.3 is 0 Å². The summed E-state index contributed by atoms with van der Waals surface area (Å²) in [6.07, 6.45) is 5.88. The second kappa shape index (κ2) is 6.43. The molecule has 1 atom stereocenters. The first-order valence-corrected chi connectivity index (χ1v) is 5.91.